The molecule has 0 radical (unpaired) electrons. The zero-order valence-electron chi connectivity index (χ0n) is 18.0. The summed E-state index contributed by atoms with van der Waals surface area (Å²) in [5.74, 6) is 1.67. The molecule has 3 heterocycles. The summed E-state index contributed by atoms with van der Waals surface area (Å²) in [6.07, 6.45) is 4.25. The number of fused-ring (bicyclic) bond motifs is 1. The second-order valence-electron chi connectivity index (χ2n) is 7.78. The molecule has 0 aliphatic carbocycles. The third kappa shape index (κ3) is 4.52. The molecule has 1 N–H and O–H groups in total. The number of hydrogen-bond donors (Lipinski definition) is 1. The largest absolute Gasteiger partial charge is 0.441 e. The van der Waals surface area contributed by atoms with Crippen molar-refractivity contribution in [2.45, 2.75) is 19.8 Å². The van der Waals surface area contributed by atoms with Crippen LogP contribution in [0.25, 0.3) is 28.2 Å². The summed E-state index contributed by atoms with van der Waals surface area (Å²) in [5, 5.41) is 3.71. The average molecular weight is 457 g/mol. The van der Waals surface area contributed by atoms with Gasteiger partial charge in [-0.2, -0.15) is 0 Å². The lowest BCUT2D eigenvalue weighted by atomic mass is 10.1. The van der Waals surface area contributed by atoms with Crippen LogP contribution in [0, 0.1) is 6.92 Å². The lowest BCUT2D eigenvalue weighted by molar-refractivity contribution is -0.116. The van der Waals surface area contributed by atoms with E-state index in [-0.39, 0.29) is 12.3 Å². The van der Waals surface area contributed by atoms with Gasteiger partial charge < -0.3 is 9.73 Å². The quantitative estimate of drug-likeness (QED) is 0.330. The molecule has 2 aromatic carbocycles. The van der Waals surface area contributed by atoms with E-state index in [0.29, 0.717) is 28.9 Å². The molecule has 5 aromatic rings. The molecule has 0 fully saturated rings. The summed E-state index contributed by atoms with van der Waals surface area (Å²) in [6, 6.07) is 21.1. The Hall–Kier alpha value is -3.90. The van der Waals surface area contributed by atoms with E-state index in [0.717, 1.165) is 28.0 Å². The second-order valence-corrected chi connectivity index (χ2v) is 8.22. The number of imidazole rings is 1. The van der Waals surface area contributed by atoms with Gasteiger partial charge in [0.05, 0.1) is 6.20 Å². The minimum atomic E-state index is -0.137. The number of hydrogen-bond acceptors (Lipinski definition) is 4. The van der Waals surface area contributed by atoms with Gasteiger partial charge in [-0.1, -0.05) is 48.0 Å². The van der Waals surface area contributed by atoms with Gasteiger partial charge in [-0.05, 0) is 42.8 Å². The smallest absolute Gasteiger partial charge is 0.226 e. The number of aromatic nitrogens is 3. The van der Waals surface area contributed by atoms with E-state index < -0.39 is 0 Å². The number of amides is 1. The molecule has 0 unspecified atom stereocenters. The Balaban J connectivity index is 1.34. The van der Waals surface area contributed by atoms with Crippen molar-refractivity contribution >= 4 is 29.0 Å². The monoisotopic (exact) mass is 456 g/mol. The van der Waals surface area contributed by atoms with E-state index in [2.05, 4.69) is 10.3 Å². The molecule has 0 spiro atoms. The third-order valence-corrected chi connectivity index (χ3v) is 5.57. The van der Waals surface area contributed by atoms with E-state index in [1.165, 1.54) is 0 Å². The number of halogens is 1. The first kappa shape index (κ1) is 21.0. The van der Waals surface area contributed by atoms with Gasteiger partial charge in [-0.3, -0.25) is 9.20 Å². The lowest BCUT2D eigenvalue weighted by Crippen LogP contribution is -2.14. The molecule has 0 bridgehead atoms. The number of nitrogens with one attached hydrogen (secondary N) is 1. The van der Waals surface area contributed by atoms with Crippen LogP contribution in [0.3, 0.4) is 0 Å². The lowest BCUT2D eigenvalue weighted by Gasteiger charge is -2.08. The van der Waals surface area contributed by atoms with Crippen LogP contribution in [-0.2, 0) is 11.2 Å². The summed E-state index contributed by atoms with van der Waals surface area (Å²) < 4.78 is 7.74. The highest BCUT2D eigenvalue weighted by molar-refractivity contribution is 6.30. The number of rotatable bonds is 6. The summed E-state index contributed by atoms with van der Waals surface area (Å²) >= 11 is 5.95. The highest BCUT2D eigenvalue weighted by Gasteiger charge is 2.17. The first-order valence-electron chi connectivity index (χ1n) is 10.6. The predicted molar refractivity (Wildman–Crippen MR) is 129 cm³/mol. The van der Waals surface area contributed by atoms with Crippen molar-refractivity contribution < 1.29 is 9.21 Å². The number of oxazole rings is 1. The van der Waals surface area contributed by atoms with Crippen molar-refractivity contribution in [1.29, 1.82) is 0 Å². The molecule has 0 aliphatic heterocycles. The van der Waals surface area contributed by atoms with E-state index in [1.54, 1.807) is 18.3 Å². The number of anilines is 1. The Morgan fingerprint density at radius 2 is 1.82 bits per heavy atom. The van der Waals surface area contributed by atoms with Gasteiger partial charge in [0, 0.05) is 35.2 Å². The van der Waals surface area contributed by atoms with Crippen LogP contribution in [0.4, 0.5) is 5.82 Å². The zero-order chi connectivity index (χ0) is 22.8. The van der Waals surface area contributed by atoms with Crippen LogP contribution in [-0.4, -0.2) is 20.3 Å². The highest BCUT2D eigenvalue weighted by atomic mass is 35.5. The van der Waals surface area contributed by atoms with Crippen LogP contribution >= 0.6 is 11.6 Å². The van der Waals surface area contributed by atoms with E-state index >= 15 is 0 Å². The van der Waals surface area contributed by atoms with Crippen molar-refractivity contribution in [3.63, 3.8) is 0 Å². The Labute approximate surface area is 195 Å². The van der Waals surface area contributed by atoms with E-state index in [9.17, 15) is 4.79 Å². The first-order valence-corrected chi connectivity index (χ1v) is 11.0. The Morgan fingerprint density at radius 3 is 2.61 bits per heavy atom. The second kappa shape index (κ2) is 8.92. The Kier molecular flexibility index (Phi) is 5.67. The van der Waals surface area contributed by atoms with Gasteiger partial charge in [0.2, 0.25) is 5.91 Å². The maximum absolute atomic E-state index is 12.9. The van der Waals surface area contributed by atoms with Gasteiger partial charge in [0.25, 0.3) is 0 Å². The molecule has 1 amide bonds. The molecule has 0 saturated heterocycles. The Morgan fingerprint density at radius 1 is 1.03 bits per heavy atom. The summed E-state index contributed by atoms with van der Waals surface area (Å²) in [7, 11) is 0. The van der Waals surface area contributed by atoms with E-state index in [1.807, 2.05) is 72.1 Å². The maximum Gasteiger partial charge on any atom is 0.226 e. The summed E-state index contributed by atoms with van der Waals surface area (Å²) in [5.41, 5.74) is 4.40. The van der Waals surface area contributed by atoms with Gasteiger partial charge in [0.15, 0.2) is 11.7 Å². The normalized spacial score (nSPS) is 11.1. The SMILES string of the molecule is Cc1ccc2nc(-c3ccccc3)c(NC(=O)CCc3ncc(-c4ccc(Cl)cc4)o3)n2c1. The van der Waals surface area contributed by atoms with Gasteiger partial charge in [-0.15, -0.1) is 0 Å². The van der Waals surface area contributed by atoms with Gasteiger partial charge in [0.1, 0.15) is 17.2 Å². The Bertz CT molecular complexity index is 1420. The maximum atomic E-state index is 12.9. The molecule has 0 aliphatic rings. The predicted octanol–water partition coefficient (Wildman–Crippen LogP) is 6.19. The van der Waals surface area contributed by atoms with Crippen LogP contribution in [0.1, 0.15) is 17.9 Å². The van der Waals surface area contributed by atoms with Gasteiger partial charge >= 0.3 is 0 Å². The van der Waals surface area contributed by atoms with Crippen LogP contribution < -0.4 is 5.32 Å². The fraction of sp³-hybridized carbons (Fsp3) is 0.115. The van der Waals surface area contributed by atoms with Gasteiger partial charge in [-0.25, -0.2) is 9.97 Å². The molecule has 33 heavy (non-hydrogen) atoms. The molecule has 0 saturated carbocycles. The molecule has 7 heteroatoms. The highest BCUT2D eigenvalue weighted by Crippen LogP contribution is 2.29. The molecule has 3 aromatic heterocycles. The van der Waals surface area contributed by atoms with Crippen LogP contribution in [0.2, 0.25) is 5.02 Å². The standard InChI is InChI=1S/C26H21ClN4O2/c1-17-7-12-22-29-25(19-5-3-2-4-6-19)26(31(22)16-17)30-23(32)13-14-24-28-15-21(33-24)18-8-10-20(27)11-9-18/h2-12,15-16H,13-14H2,1H3,(H,30,32). The molecular formula is C26H21ClN4O2. The topological polar surface area (TPSA) is 72.4 Å². The molecular weight excluding hydrogens is 436 g/mol. The number of nitrogens with zero attached hydrogens (tertiary/aromatic N) is 3. The number of benzene rings is 2. The molecule has 0 atom stereocenters. The number of aryl methyl sites for hydroxylation is 2. The molecule has 6 nitrogen and oxygen atoms in total. The van der Waals surface area contributed by atoms with E-state index in [4.69, 9.17) is 21.0 Å². The van der Waals surface area contributed by atoms with Crippen molar-refractivity contribution in [3.8, 4) is 22.6 Å². The van der Waals surface area contributed by atoms with Crippen molar-refractivity contribution in [2.75, 3.05) is 5.32 Å². The minimum absolute atomic E-state index is 0.137. The molecule has 5 rings (SSSR count). The third-order valence-electron chi connectivity index (χ3n) is 5.32. The molecule has 164 valence electrons. The minimum Gasteiger partial charge on any atom is -0.441 e. The van der Waals surface area contributed by atoms with Crippen molar-refractivity contribution in [2.24, 2.45) is 0 Å². The number of carbonyl (C=O) groups excluding carboxylic acids is 1. The number of carbonyl (C=O) groups is 1. The van der Waals surface area contributed by atoms with Crippen molar-refractivity contribution in [1.82, 2.24) is 14.4 Å². The van der Waals surface area contributed by atoms with Crippen LogP contribution in [0.5, 0.6) is 0 Å². The summed E-state index contributed by atoms with van der Waals surface area (Å²) in [6.45, 7) is 2.01. The summed E-state index contributed by atoms with van der Waals surface area (Å²) in [4.78, 5) is 21.9. The van der Waals surface area contributed by atoms with Crippen molar-refractivity contribution in [3.05, 3.63) is 95.6 Å². The first-order chi connectivity index (χ1) is 16.1. The number of pyridine rings is 1. The fourth-order valence-electron chi connectivity index (χ4n) is 3.66. The fourth-order valence-corrected chi connectivity index (χ4v) is 3.78. The van der Waals surface area contributed by atoms with Crippen LogP contribution in [0.15, 0.2) is 83.5 Å². The zero-order valence-corrected chi connectivity index (χ0v) is 18.7. The average Bonchev–Trinajstić information content (AvgIpc) is 3.44.